The van der Waals surface area contributed by atoms with Gasteiger partial charge < -0.3 is 14.4 Å². The summed E-state index contributed by atoms with van der Waals surface area (Å²) >= 11 is 0. The molecule has 5 nitrogen and oxygen atoms in total. The third-order valence-corrected chi connectivity index (χ3v) is 3.45. The van der Waals surface area contributed by atoms with E-state index in [0.717, 1.165) is 12.8 Å². The van der Waals surface area contributed by atoms with E-state index in [4.69, 9.17) is 9.26 Å². The third-order valence-electron chi connectivity index (χ3n) is 2.25. The van der Waals surface area contributed by atoms with Gasteiger partial charge in [-0.1, -0.05) is 31.5 Å². The number of aliphatic hydroxyl groups is 1. The van der Waals surface area contributed by atoms with Crippen LogP contribution in [-0.4, -0.2) is 30.6 Å². The third kappa shape index (κ3) is 7.11. The van der Waals surface area contributed by atoms with Gasteiger partial charge in [0.1, 0.15) is 18.6 Å². The van der Waals surface area contributed by atoms with Gasteiger partial charge in [0.25, 0.3) is 0 Å². The molecule has 0 saturated heterocycles. The lowest BCUT2D eigenvalue weighted by molar-refractivity contribution is -0.142. The van der Waals surface area contributed by atoms with Crippen molar-refractivity contribution >= 4 is 14.3 Å². The lowest BCUT2D eigenvalue weighted by atomic mass is 10.3. The average molecular weight is 285 g/mol. The molecule has 0 amide bonds. The van der Waals surface area contributed by atoms with Gasteiger partial charge in [-0.15, -0.1) is 0 Å². The van der Waals surface area contributed by atoms with Crippen molar-refractivity contribution < 1.29 is 19.2 Å². The summed E-state index contributed by atoms with van der Waals surface area (Å²) in [4.78, 5) is 11.4. The summed E-state index contributed by atoms with van der Waals surface area (Å²) in [5.74, 6) is 0.334. The van der Waals surface area contributed by atoms with Crippen LogP contribution in [0.2, 0.25) is 0 Å². The monoisotopic (exact) mass is 285 g/mol. The first-order valence-corrected chi connectivity index (χ1v) is 7.71. The van der Waals surface area contributed by atoms with Crippen molar-refractivity contribution in [3.63, 3.8) is 0 Å². The zero-order valence-electron chi connectivity index (χ0n) is 11.0. The fourth-order valence-corrected chi connectivity index (χ4v) is 2.16. The number of carbonyl (C=O) groups excluding carboxylic acids is 1. The van der Waals surface area contributed by atoms with Crippen LogP contribution in [0.5, 0.6) is 5.75 Å². The summed E-state index contributed by atoms with van der Waals surface area (Å²) in [6.45, 7) is 2.52. The maximum absolute atomic E-state index is 11.4. The molecule has 1 atom stereocenters. The zero-order chi connectivity index (χ0) is 13.9. The van der Waals surface area contributed by atoms with Crippen LogP contribution in [0.25, 0.3) is 0 Å². The Kier molecular flexibility index (Phi) is 8.14. The molecular formula is C13H20NO4P. The number of esters is 1. The molecule has 106 valence electrons. The molecule has 1 unspecified atom stereocenters. The molecule has 1 aromatic carbocycles. The van der Waals surface area contributed by atoms with E-state index in [1.165, 1.54) is 0 Å². The highest BCUT2D eigenvalue weighted by molar-refractivity contribution is 7.50. The van der Waals surface area contributed by atoms with Gasteiger partial charge in [0.15, 0.2) is 8.30 Å². The second kappa shape index (κ2) is 9.73. The van der Waals surface area contributed by atoms with Crippen LogP contribution < -0.4 is 9.61 Å². The van der Waals surface area contributed by atoms with Crippen LogP contribution >= 0.6 is 8.30 Å². The summed E-state index contributed by atoms with van der Waals surface area (Å²) in [5.41, 5.74) is 0. The van der Waals surface area contributed by atoms with Crippen molar-refractivity contribution in [2.45, 2.75) is 19.8 Å². The number of aliphatic hydroxyl groups excluding tert-OH is 1. The Balaban J connectivity index is 2.27. The van der Waals surface area contributed by atoms with Crippen LogP contribution in [-0.2, 0) is 9.53 Å². The van der Waals surface area contributed by atoms with Crippen molar-refractivity contribution in [3.8, 4) is 5.75 Å². The number of unbranched alkanes of at least 4 members (excludes halogenated alkanes) is 1. The van der Waals surface area contributed by atoms with E-state index >= 15 is 0 Å². The average Bonchev–Trinajstić information content (AvgIpc) is 2.45. The van der Waals surface area contributed by atoms with Gasteiger partial charge in [-0.3, -0.25) is 9.88 Å². The maximum atomic E-state index is 11.4. The molecule has 0 fully saturated rings. The summed E-state index contributed by atoms with van der Waals surface area (Å²) in [5, 5.41) is 12.1. The van der Waals surface area contributed by atoms with Crippen molar-refractivity contribution in [2.75, 3.05) is 19.5 Å². The highest BCUT2D eigenvalue weighted by atomic mass is 31.2. The van der Waals surface area contributed by atoms with Gasteiger partial charge in [0, 0.05) is 0 Å². The van der Waals surface area contributed by atoms with E-state index in [-0.39, 0.29) is 18.9 Å². The van der Waals surface area contributed by atoms with E-state index in [2.05, 4.69) is 5.09 Å². The molecule has 0 aliphatic heterocycles. The summed E-state index contributed by atoms with van der Waals surface area (Å²) in [6.07, 6.45) is 1.69. The molecule has 0 radical (unpaired) electrons. The maximum Gasteiger partial charge on any atom is 0.320 e. The Morgan fingerprint density at radius 3 is 2.74 bits per heavy atom. The van der Waals surface area contributed by atoms with E-state index in [1.807, 2.05) is 25.1 Å². The zero-order valence-corrected chi connectivity index (χ0v) is 11.9. The molecule has 1 aromatic rings. The first-order valence-electron chi connectivity index (χ1n) is 6.26. The van der Waals surface area contributed by atoms with Crippen LogP contribution in [0.3, 0.4) is 0 Å². The molecule has 0 heterocycles. The molecule has 19 heavy (non-hydrogen) atoms. The number of hydrogen-bond acceptors (Lipinski definition) is 5. The molecule has 1 rings (SSSR count). The van der Waals surface area contributed by atoms with Crippen LogP contribution in [0, 0.1) is 0 Å². The number of para-hydroxylation sites is 1. The normalized spacial score (nSPS) is 11.9. The fraction of sp³-hybridized carbons (Fsp3) is 0.462. The van der Waals surface area contributed by atoms with E-state index in [0.29, 0.717) is 12.4 Å². The molecule has 0 aliphatic carbocycles. The van der Waals surface area contributed by atoms with Crippen LogP contribution in [0.1, 0.15) is 19.8 Å². The van der Waals surface area contributed by atoms with Gasteiger partial charge >= 0.3 is 5.97 Å². The SMILES string of the molecule is CCCCOC(=O)CNP(CO)Oc1ccccc1. The summed E-state index contributed by atoms with van der Waals surface area (Å²) in [6, 6.07) is 9.17. The van der Waals surface area contributed by atoms with Crippen molar-refractivity contribution in [1.29, 1.82) is 0 Å². The molecule has 0 saturated carbocycles. The van der Waals surface area contributed by atoms with Crippen molar-refractivity contribution in [2.24, 2.45) is 0 Å². The number of ether oxygens (including phenoxy) is 1. The standard InChI is InChI=1S/C13H20NO4P/c1-2-3-9-17-13(16)10-14-19(11-15)18-12-7-5-4-6-8-12/h4-8,14-15H,2-3,9-11H2,1H3. The second-order valence-electron chi connectivity index (χ2n) is 3.83. The molecule has 0 aromatic heterocycles. The van der Waals surface area contributed by atoms with E-state index in [9.17, 15) is 9.90 Å². The summed E-state index contributed by atoms with van der Waals surface area (Å²) < 4.78 is 10.5. The molecule has 6 heteroatoms. The van der Waals surface area contributed by atoms with Gasteiger partial charge in [-0.05, 0) is 18.6 Å². The van der Waals surface area contributed by atoms with Gasteiger partial charge in [0.05, 0.1) is 6.61 Å². The Bertz CT molecular complexity index is 361. The minimum Gasteiger partial charge on any atom is -0.465 e. The molecule has 0 bridgehead atoms. The Morgan fingerprint density at radius 1 is 1.37 bits per heavy atom. The number of carbonyl (C=O) groups is 1. The number of benzene rings is 1. The molecular weight excluding hydrogens is 265 g/mol. The number of hydrogen-bond donors (Lipinski definition) is 2. The molecule has 0 spiro atoms. The highest BCUT2D eigenvalue weighted by Crippen LogP contribution is 2.32. The van der Waals surface area contributed by atoms with Gasteiger partial charge in [0.2, 0.25) is 0 Å². The van der Waals surface area contributed by atoms with Gasteiger partial charge in [-0.2, -0.15) is 0 Å². The molecule has 0 aliphatic rings. The van der Waals surface area contributed by atoms with Crippen molar-refractivity contribution in [1.82, 2.24) is 5.09 Å². The fourth-order valence-electron chi connectivity index (χ4n) is 1.25. The first-order chi connectivity index (χ1) is 9.26. The topological polar surface area (TPSA) is 67.8 Å². The molecule has 2 N–H and O–H groups in total. The highest BCUT2D eigenvalue weighted by Gasteiger charge is 2.12. The quantitative estimate of drug-likeness (QED) is 0.414. The smallest absolute Gasteiger partial charge is 0.320 e. The Morgan fingerprint density at radius 2 is 2.11 bits per heavy atom. The van der Waals surface area contributed by atoms with Crippen LogP contribution in [0.4, 0.5) is 0 Å². The number of nitrogens with one attached hydrogen (secondary N) is 1. The first kappa shape index (κ1) is 15.9. The lowest BCUT2D eigenvalue weighted by Gasteiger charge is -2.16. The number of rotatable bonds is 9. The Labute approximate surface area is 114 Å². The largest absolute Gasteiger partial charge is 0.465 e. The van der Waals surface area contributed by atoms with E-state index < -0.39 is 8.30 Å². The summed E-state index contributed by atoms with van der Waals surface area (Å²) in [7, 11) is -1.28. The van der Waals surface area contributed by atoms with E-state index in [1.54, 1.807) is 12.1 Å². The minimum absolute atomic E-state index is 0.0445. The second-order valence-corrected chi connectivity index (χ2v) is 5.37. The van der Waals surface area contributed by atoms with Crippen molar-refractivity contribution in [3.05, 3.63) is 30.3 Å². The Hall–Kier alpha value is -1.16. The van der Waals surface area contributed by atoms with Gasteiger partial charge in [-0.25, -0.2) is 0 Å². The lowest BCUT2D eigenvalue weighted by Crippen LogP contribution is -2.23. The predicted molar refractivity (Wildman–Crippen MR) is 74.9 cm³/mol. The predicted octanol–water partition coefficient (Wildman–Crippen LogP) is 2.26. The van der Waals surface area contributed by atoms with Crippen LogP contribution in [0.15, 0.2) is 30.3 Å². The minimum atomic E-state index is -1.28.